The summed E-state index contributed by atoms with van der Waals surface area (Å²) in [6, 6.07) is 12.3. The summed E-state index contributed by atoms with van der Waals surface area (Å²) in [6.45, 7) is 2.21. The molecule has 0 heterocycles. The van der Waals surface area contributed by atoms with Gasteiger partial charge in [-0.15, -0.1) is 11.8 Å². The van der Waals surface area contributed by atoms with Crippen LogP contribution >= 0.6 is 35.0 Å². The second kappa shape index (κ2) is 12.1. The second-order valence-electron chi connectivity index (χ2n) is 6.60. The van der Waals surface area contributed by atoms with Crippen LogP contribution in [0.2, 0.25) is 10.0 Å². The van der Waals surface area contributed by atoms with E-state index >= 15 is 0 Å². The van der Waals surface area contributed by atoms with E-state index in [0.29, 0.717) is 34.5 Å². The normalized spacial score (nSPS) is 11.6. The van der Waals surface area contributed by atoms with E-state index in [1.807, 2.05) is 31.2 Å². The standard InChI is InChI=1S/C22H26Cl2N2O3S/c1-4-20(22(28)25-2)26(12-15-7-5-8-16(11-15)29-3)21(27)14-30-13-17-18(23)9-6-10-19(17)24/h5-11,20H,4,12-14H2,1-3H3,(H,25,28)/t20-/m1/s1. The quantitative estimate of drug-likeness (QED) is 0.544. The van der Waals surface area contributed by atoms with Gasteiger partial charge in [-0.3, -0.25) is 9.59 Å². The molecule has 0 aromatic heterocycles. The first-order valence-electron chi connectivity index (χ1n) is 9.55. The molecule has 0 aliphatic heterocycles. The van der Waals surface area contributed by atoms with Crippen molar-refractivity contribution in [3.05, 3.63) is 63.6 Å². The number of thioether (sulfide) groups is 1. The maximum atomic E-state index is 13.1. The van der Waals surface area contributed by atoms with Crippen molar-refractivity contribution < 1.29 is 14.3 Å². The lowest BCUT2D eigenvalue weighted by molar-refractivity contribution is -0.139. The number of methoxy groups -OCH3 is 1. The molecule has 0 aliphatic rings. The lowest BCUT2D eigenvalue weighted by Gasteiger charge is -2.30. The minimum atomic E-state index is -0.557. The van der Waals surface area contributed by atoms with E-state index in [0.717, 1.165) is 11.1 Å². The average Bonchev–Trinajstić information content (AvgIpc) is 2.75. The Morgan fingerprint density at radius 2 is 1.83 bits per heavy atom. The van der Waals surface area contributed by atoms with E-state index in [9.17, 15) is 9.59 Å². The van der Waals surface area contributed by atoms with Crippen LogP contribution in [-0.2, 0) is 21.9 Å². The highest BCUT2D eigenvalue weighted by Gasteiger charge is 2.28. The summed E-state index contributed by atoms with van der Waals surface area (Å²) in [4.78, 5) is 27.1. The predicted molar refractivity (Wildman–Crippen MR) is 124 cm³/mol. The Balaban J connectivity index is 2.15. The molecule has 2 aromatic rings. The third-order valence-electron chi connectivity index (χ3n) is 4.65. The van der Waals surface area contributed by atoms with E-state index in [2.05, 4.69) is 5.32 Å². The third kappa shape index (κ3) is 6.56. The van der Waals surface area contributed by atoms with Crippen LogP contribution < -0.4 is 10.1 Å². The molecular formula is C22H26Cl2N2O3S. The lowest BCUT2D eigenvalue weighted by Crippen LogP contribution is -2.48. The fraction of sp³-hybridized carbons (Fsp3) is 0.364. The van der Waals surface area contributed by atoms with Crippen LogP contribution in [-0.4, -0.2) is 42.7 Å². The third-order valence-corrected chi connectivity index (χ3v) is 6.31. The number of carbonyl (C=O) groups excluding carboxylic acids is 2. The van der Waals surface area contributed by atoms with Crippen molar-refractivity contribution in [3.63, 3.8) is 0 Å². The molecular weight excluding hydrogens is 443 g/mol. The molecule has 0 unspecified atom stereocenters. The van der Waals surface area contributed by atoms with Gasteiger partial charge in [0.25, 0.3) is 0 Å². The Hall–Kier alpha value is -1.89. The number of halogens is 2. The Labute approximate surface area is 192 Å². The molecule has 0 aliphatic carbocycles. The maximum absolute atomic E-state index is 13.1. The summed E-state index contributed by atoms with van der Waals surface area (Å²) >= 11 is 13.9. The minimum absolute atomic E-state index is 0.124. The number of nitrogens with zero attached hydrogens (tertiary/aromatic N) is 1. The van der Waals surface area contributed by atoms with Gasteiger partial charge < -0.3 is 15.0 Å². The lowest BCUT2D eigenvalue weighted by atomic mass is 10.1. The van der Waals surface area contributed by atoms with Gasteiger partial charge in [-0.1, -0.05) is 48.3 Å². The van der Waals surface area contributed by atoms with Crippen LogP contribution in [0.15, 0.2) is 42.5 Å². The number of ether oxygens (including phenoxy) is 1. The monoisotopic (exact) mass is 468 g/mol. The Kier molecular flexibility index (Phi) is 9.82. The molecule has 1 atom stereocenters. The van der Waals surface area contributed by atoms with Crippen LogP contribution in [0.4, 0.5) is 0 Å². The highest BCUT2D eigenvalue weighted by atomic mass is 35.5. The molecule has 0 saturated carbocycles. The van der Waals surface area contributed by atoms with E-state index in [4.69, 9.17) is 27.9 Å². The van der Waals surface area contributed by atoms with E-state index in [1.165, 1.54) is 11.8 Å². The van der Waals surface area contributed by atoms with E-state index in [-0.39, 0.29) is 17.6 Å². The first-order chi connectivity index (χ1) is 14.4. The largest absolute Gasteiger partial charge is 0.497 e. The number of rotatable bonds is 10. The van der Waals surface area contributed by atoms with Gasteiger partial charge in [-0.25, -0.2) is 0 Å². The predicted octanol–water partition coefficient (Wildman–Crippen LogP) is 4.79. The molecule has 2 rings (SSSR count). The van der Waals surface area contributed by atoms with Crippen LogP contribution in [0.1, 0.15) is 24.5 Å². The van der Waals surface area contributed by atoms with Crippen molar-refractivity contribution in [2.24, 2.45) is 0 Å². The molecule has 0 saturated heterocycles. The van der Waals surface area contributed by atoms with Gasteiger partial charge in [0.1, 0.15) is 11.8 Å². The van der Waals surface area contributed by atoms with Crippen LogP contribution in [0.5, 0.6) is 5.75 Å². The summed E-state index contributed by atoms with van der Waals surface area (Å²) in [5.74, 6) is 1.11. The molecule has 0 fully saturated rings. The SMILES string of the molecule is CC[C@H](C(=O)NC)N(Cc1cccc(OC)c1)C(=O)CSCc1c(Cl)cccc1Cl. The second-order valence-corrected chi connectivity index (χ2v) is 8.40. The zero-order chi connectivity index (χ0) is 22.1. The highest BCUT2D eigenvalue weighted by Crippen LogP contribution is 2.28. The summed E-state index contributed by atoms with van der Waals surface area (Å²) in [7, 11) is 3.17. The van der Waals surface area contributed by atoms with E-state index < -0.39 is 6.04 Å². The number of likely N-dealkylation sites (N-methyl/N-ethyl adjacent to an activating group) is 1. The van der Waals surface area contributed by atoms with Gasteiger partial charge in [0, 0.05) is 29.4 Å². The average molecular weight is 469 g/mol. The molecule has 8 heteroatoms. The van der Waals surface area contributed by atoms with Crippen LogP contribution in [0, 0.1) is 0 Å². The summed E-state index contributed by atoms with van der Waals surface area (Å²) in [5, 5.41) is 3.81. The number of amides is 2. The van der Waals surface area contributed by atoms with Crippen molar-refractivity contribution >= 4 is 46.8 Å². The van der Waals surface area contributed by atoms with Crippen molar-refractivity contribution in [3.8, 4) is 5.75 Å². The van der Waals surface area contributed by atoms with Gasteiger partial charge in [0.05, 0.1) is 12.9 Å². The molecule has 2 aromatic carbocycles. The van der Waals surface area contributed by atoms with Gasteiger partial charge in [-0.05, 0) is 41.8 Å². The van der Waals surface area contributed by atoms with Crippen molar-refractivity contribution in [1.29, 1.82) is 0 Å². The smallest absolute Gasteiger partial charge is 0.242 e. The zero-order valence-electron chi connectivity index (χ0n) is 17.3. The summed E-state index contributed by atoms with van der Waals surface area (Å²) in [5.41, 5.74) is 1.69. The summed E-state index contributed by atoms with van der Waals surface area (Å²) < 4.78 is 5.28. The Morgan fingerprint density at radius 1 is 1.17 bits per heavy atom. The fourth-order valence-corrected chi connectivity index (χ4v) is 4.69. The molecule has 1 N–H and O–H groups in total. The van der Waals surface area contributed by atoms with Crippen LogP contribution in [0.25, 0.3) is 0 Å². The zero-order valence-corrected chi connectivity index (χ0v) is 19.6. The topological polar surface area (TPSA) is 58.6 Å². The van der Waals surface area contributed by atoms with Gasteiger partial charge in [0.2, 0.25) is 11.8 Å². The van der Waals surface area contributed by atoms with Gasteiger partial charge >= 0.3 is 0 Å². The Bertz CT molecular complexity index is 859. The van der Waals surface area contributed by atoms with Crippen molar-refractivity contribution in [2.75, 3.05) is 19.9 Å². The molecule has 0 bridgehead atoms. The molecule has 162 valence electrons. The highest BCUT2D eigenvalue weighted by molar-refractivity contribution is 7.99. The molecule has 30 heavy (non-hydrogen) atoms. The number of benzene rings is 2. The molecule has 0 spiro atoms. The first-order valence-corrected chi connectivity index (χ1v) is 11.5. The number of carbonyl (C=O) groups is 2. The van der Waals surface area contributed by atoms with Crippen LogP contribution in [0.3, 0.4) is 0 Å². The summed E-state index contributed by atoms with van der Waals surface area (Å²) in [6.07, 6.45) is 0.510. The number of hydrogen-bond acceptors (Lipinski definition) is 4. The fourth-order valence-electron chi connectivity index (χ4n) is 3.05. The number of nitrogens with one attached hydrogen (secondary N) is 1. The maximum Gasteiger partial charge on any atom is 0.242 e. The van der Waals surface area contributed by atoms with E-state index in [1.54, 1.807) is 37.3 Å². The Morgan fingerprint density at radius 3 is 2.43 bits per heavy atom. The van der Waals surface area contributed by atoms with Crippen molar-refractivity contribution in [2.45, 2.75) is 31.7 Å². The molecule has 2 amide bonds. The molecule has 0 radical (unpaired) electrons. The van der Waals surface area contributed by atoms with Crippen molar-refractivity contribution in [1.82, 2.24) is 10.2 Å². The van der Waals surface area contributed by atoms with Gasteiger partial charge in [-0.2, -0.15) is 0 Å². The number of hydrogen-bond donors (Lipinski definition) is 1. The molecule has 5 nitrogen and oxygen atoms in total. The minimum Gasteiger partial charge on any atom is -0.497 e. The van der Waals surface area contributed by atoms with Gasteiger partial charge in [0.15, 0.2) is 0 Å². The first kappa shape index (κ1) is 24.4.